The number of hydrogen-bond acceptors (Lipinski definition) is 4. The minimum absolute atomic E-state index is 0.0106. The molecule has 1 aromatic rings. The standard InChI is InChI=1S/C19H31N5O2/c1-2-24-13-20-23-19(24)22-18(26)15-8-10-16(11-9-15)21-17(25)12-14-6-4-3-5-7-14/h13-16H,2-12H2,1H3,(H,21,25)(H,22,23,26). The highest BCUT2D eigenvalue weighted by Crippen LogP contribution is 2.28. The van der Waals surface area contributed by atoms with Gasteiger partial charge in [-0.2, -0.15) is 0 Å². The highest BCUT2D eigenvalue weighted by molar-refractivity contribution is 5.91. The van der Waals surface area contributed by atoms with E-state index in [9.17, 15) is 9.59 Å². The zero-order valence-electron chi connectivity index (χ0n) is 15.7. The van der Waals surface area contributed by atoms with Crippen molar-refractivity contribution < 1.29 is 9.59 Å². The summed E-state index contributed by atoms with van der Waals surface area (Å²) in [5.41, 5.74) is 0. The van der Waals surface area contributed by atoms with Gasteiger partial charge in [0.15, 0.2) is 0 Å². The van der Waals surface area contributed by atoms with Gasteiger partial charge in [0.05, 0.1) is 0 Å². The van der Waals surface area contributed by atoms with Crippen molar-refractivity contribution in [2.75, 3.05) is 5.32 Å². The maximum atomic E-state index is 12.4. The number of anilines is 1. The van der Waals surface area contributed by atoms with Gasteiger partial charge in [0.2, 0.25) is 17.8 Å². The average Bonchev–Trinajstić information content (AvgIpc) is 3.10. The molecule has 0 unspecified atom stereocenters. The SMILES string of the molecule is CCn1cnnc1NC(=O)C1CCC(NC(=O)CC2CCCCC2)CC1. The van der Waals surface area contributed by atoms with E-state index in [-0.39, 0.29) is 23.8 Å². The number of aromatic nitrogens is 3. The molecule has 2 fully saturated rings. The summed E-state index contributed by atoms with van der Waals surface area (Å²) in [6.45, 7) is 2.71. The van der Waals surface area contributed by atoms with Crippen LogP contribution >= 0.6 is 0 Å². The van der Waals surface area contributed by atoms with E-state index in [2.05, 4.69) is 20.8 Å². The summed E-state index contributed by atoms with van der Waals surface area (Å²) < 4.78 is 1.81. The molecule has 0 saturated heterocycles. The topological polar surface area (TPSA) is 88.9 Å². The summed E-state index contributed by atoms with van der Waals surface area (Å²) in [6, 6.07) is 0.217. The molecule has 0 aliphatic heterocycles. The third-order valence-electron chi connectivity index (χ3n) is 5.85. The maximum Gasteiger partial charge on any atom is 0.231 e. The number of amides is 2. The van der Waals surface area contributed by atoms with Crippen molar-refractivity contribution in [2.45, 2.75) is 83.7 Å². The summed E-state index contributed by atoms with van der Waals surface area (Å²) >= 11 is 0. The zero-order chi connectivity index (χ0) is 18.4. The predicted molar refractivity (Wildman–Crippen MR) is 99.4 cm³/mol. The van der Waals surface area contributed by atoms with Gasteiger partial charge in [-0.25, -0.2) is 0 Å². The van der Waals surface area contributed by atoms with Crippen LogP contribution in [0.2, 0.25) is 0 Å². The normalized spacial score (nSPS) is 24.2. The van der Waals surface area contributed by atoms with Crippen molar-refractivity contribution in [3.05, 3.63) is 6.33 Å². The lowest BCUT2D eigenvalue weighted by Gasteiger charge is -2.29. The average molecular weight is 361 g/mol. The van der Waals surface area contributed by atoms with Crippen molar-refractivity contribution in [3.63, 3.8) is 0 Å². The van der Waals surface area contributed by atoms with Crippen LogP contribution in [0.1, 0.15) is 71.1 Å². The summed E-state index contributed by atoms with van der Waals surface area (Å²) in [5.74, 6) is 1.28. The Kier molecular flexibility index (Phi) is 6.63. The molecule has 26 heavy (non-hydrogen) atoms. The Bertz CT molecular complexity index is 601. The highest BCUT2D eigenvalue weighted by Gasteiger charge is 2.28. The lowest BCUT2D eigenvalue weighted by atomic mass is 9.84. The van der Waals surface area contributed by atoms with Gasteiger partial charge in [-0.3, -0.25) is 14.9 Å². The van der Waals surface area contributed by atoms with E-state index in [0.29, 0.717) is 18.3 Å². The number of aryl methyl sites for hydroxylation is 1. The minimum Gasteiger partial charge on any atom is -0.353 e. The molecular formula is C19H31N5O2. The van der Waals surface area contributed by atoms with Crippen LogP contribution in [-0.4, -0.2) is 32.6 Å². The van der Waals surface area contributed by atoms with Crippen LogP contribution in [0.4, 0.5) is 5.95 Å². The number of nitrogens with zero attached hydrogens (tertiary/aromatic N) is 3. The molecule has 3 rings (SSSR count). The molecule has 0 spiro atoms. The third-order valence-corrected chi connectivity index (χ3v) is 5.85. The molecule has 2 aliphatic rings. The van der Waals surface area contributed by atoms with Crippen LogP contribution < -0.4 is 10.6 Å². The van der Waals surface area contributed by atoms with Gasteiger partial charge in [0.1, 0.15) is 6.33 Å². The Labute approximate surface area is 155 Å². The fourth-order valence-corrected chi connectivity index (χ4v) is 4.24. The maximum absolute atomic E-state index is 12.4. The molecule has 1 heterocycles. The smallest absolute Gasteiger partial charge is 0.231 e. The second kappa shape index (κ2) is 9.14. The lowest BCUT2D eigenvalue weighted by Crippen LogP contribution is -2.40. The first kappa shape index (κ1) is 18.9. The van der Waals surface area contributed by atoms with Crippen molar-refractivity contribution in [1.29, 1.82) is 0 Å². The first-order valence-electron chi connectivity index (χ1n) is 10.1. The van der Waals surface area contributed by atoms with E-state index in [1.54, 1.807) is 6.33 Å². The molecule has 0 radical (unpaired) electrons. The largest absolute Gasteiger partial charge is 0.353 e. The van der Waals surface area contributed by atoms with E-state index in [0.717, 1.165) is 32.2 Å². The fraction of sp³-hybridized carbons (Fsp3) is 0.789. The van der Waals surface area contributed by atoms with Gasteiger partial charge >= 0.3 is 0 Å². The Morgan fingerprint density at radius 1 is 1.12 bits per heavy atom. The third kappa shape index (κ3) is 5.05. The van der Waals surface area contributed by atoms with Crippen molar-refractivity contribution >= 4 is 17.8 Å². The molecule has 1 aromatic heterocycles. The van der Waals surface area contributed by atoms with Gasteiger partial charge in [-0.1, -0.05) is 19.3 Å². The molecule has 7 nitrogen and oxygen atoms in total. The molecule has 7 heteroatoms. The first-order chi connectivity index (χ1) is 12.7. The number of hydrogen-bond donors (Lipinski definition) is 2. The summed E-state index contributed by atoms with van der Waals surface area (Å²) in [5, 5.41) is 13.9. The Morgan fingerprint density at radius 3 is 2.54 bits per heavy atom. The minimum atomic E-state index is -0.0106. The highest BCUT2D eigenvalue weighted by atomic mass is 16.2. The Balaban J connectivity index is 1.39. The Hall–Kier alpha value is -1.92. The molecule has 2 aliphatic carbocycles. The molecule has 0 atom stereocenters. The Morgan fingerprint density at radius 2 is 1.85 bits per heavy atom. The van der Waals surface area contributed by atoms with Crippen LogP contribution in [-0.2, 0) is 16.1 Å². The zero-order valence-corrected chi connectivity index (χ0v) is 15.7. The number of carbonyl (C=O) groups excluding carboxylic acids is 2. The molecule has 2 amide bonds. The monoisotopic (exact) mass is 361 g/mol. The van der Waals surface area contributed by atoms with E-state index < -0.39 is 0 Å². The quantitative estimate of drug-likeness (QED) is 0.815. The van der Waals surface area contributed by atoms with E-state index in [1.165, 1.54) is 32.1 Å². The molecule has 2 saturated carbocycles. The number of nitrogens with one attached hydrogen (secondary N) is 2. The molecule has 2 N–H and O–H groups in total. The molecule has 0 bridgehead atoms. The van der Waals surface area contributed by atoms with Gasteiger partial charge < -0.3 is 9.88 Å². The van der Waals surface area contributed by atoms with E-state index in [4.69, 9.17) is 0 Å². The fourth-order valence-electron chi connectivity index (χ4n) is 4.24. The van der Waals surface area contributed by atoms with Crippen molar-refractivity contribution in [2.24, 2.45) is 11.8 Å². The van der Waals surface area contributed by atoms with Crippen molar-refractivity contribution in [3.8, 4) is 0 Å². The van der Waals surface area contributed by atoms with Gasteiger partial charge in [0, 0.05) is 24.9 Å². The van der Waals surface area contributed by atoms with Crippen LogP contribution in [0, 0.1) is 11.8 Å². The predicted octanol–water partition coefficient (Wildman–Crippen LogP) is 2.88. The summed E-state index contributed by atoms with van der Waals surface area (Å²) in [4.78, 5) is 24.7. The first-order valence-corrected chi connectivity index (χ1v) is 10.1. The van der Waals surface area contributed by atoms with Crippen LogP contribution in [0.3, 0.4) is 0 Å². The number of rotatable bonds is 6. The summed E-state index contributed by atoms with van der Waals surface area (Å²) in [6.07, 6.45) is 11.9. The van der Waals surface area contributed by atoms with Gasteiger partial charge in [0.25, 0.3) is 0 Å². The lowest BCUT2D eigenvalue weighted by molar-refractivity contribution is -0.123. The van der Waals surface area contributed by atoms with Crippen molar-refractivity contribution in [1.82, 2.24) is 20.1 Å². The molecule has 0 aromatic carbocycles. The van der Waals surface area contributed by atoms with E-state index in [1.807, 2.05) is 11.5 Å². The molecular weight excluding hydrogens is 330 g/mol. The van der Waals surface area contributed by atoms with Crippen LogP contribution in [0.15, 0.2) is 6.33 Å². The van der Waals surface area contributed by atoms with Crippen LogP contribution in [0.5, 0.6) is 0 Å². The van der Waals surface area contributed by atoms with E-state index >= 15 is 0 Å². The number of carbonyl (C=O) groups is 2. The summed E-state index contributed by atoms with van der Waals surface area (Å²) in [7, 11) is 0. The second-order valence-corrected chi connectivity index (χ2v) is 7.75. The van der Waals surface area contributed by atoms with Gasteiger partial charge in [-0.05, 0) is 51.4 Å². The van der Waals surface area contributed by atoms with Gasteiger partial charge in [-0.15, -0.1) is 10.2 Å². The second-order valence-electron chi connectivity index (χ2n) is 7.75. The molecule has 144 valence electrons. The van der Waals surface area contributed by atoms with Crippen LogP contribution in [0.25, 0.3) is 0 Å².